The SMILES string of the molecule is CC(=NNC(=[Se])N1CCC1)c1ccccn1. The molecule has 16 heavy (non-hydrogen) atoms. The topological polar surface area (TPSA) is 40.5 Å². The molecule has 1 aromatic heterocycles. The third-order valence-corrected chi connectivity index (χ3v) is 3.23. The number of hydrogen-bond acceptors (Lipinski definition) is 4. The number of hydrazone groups is 1. The fourth-order valence-electron chi connectivity index (χ4n) is 1.36. The van der Waals surface area contributed by atoms with Crippen molar-refractivity contribution in [3.05, 3.63) is 30.1 Å². The van der Waals surface area contributed by atoms with Crippen molar-refractivity contribution in [1.29, 1.82) is 0 Å². The van der Waals surface area contributed by atoms with Crippen LogP contribution in [0.1, 0.15) is 19.0 Å². The summed E-state index contributed by atoms with van der Waals surface area (Å²) in [5, 5.41) is 4.29. The summed E-state index contributed by atoms with van der Waals surface area (Å²) in [6, 6.07) is 5.80. The number of nitrogens with zero attached hydrogens (tertiary/aromatic N) is 3. The molecule has 0 bridgehead atoms. The molecule has 1 N–H and O–H groups in total. The minimum atomic E-state index is 0.883. The number of pyridine rings is 1. The molecule has 0 radical (unpaired) electrons. The standard InChI is InChI=1S/C11H14N4Se/c1-9(10-5-2-3-6-12-10)13-14-11(16)15-7-4-8-15/h2-3,5-6H,4,7-8H2,1H3,(H,14,16). The number of aromatic nitrogens is 1. The first-order valence-electron chi connectivity index (χ1n) is 5.28. The zero-order valence-electron chi connectivity index (χ0n) is 9.18. The first-order valence-corrected chi connectivity index (χ1v) is 6.13. The van der Waals surface area contributed by atoms with Gasteiger partial charge in [0.2, 0.25) is 0 Å². The predicted molar refractivity (Wildman–Crippen MR) is 66.5 cm³/mol. The summed E-state index contributed by atoms with van der Waals surface area (Å²) in [5.74, 6) is 0. The molecule has 5 heteroatoms. The Morgan fingerprint density at radius 1 is 1.50 bits per heavy atom. The van der Waals surface area contributed by atoms with E-state index in [1.807, 2.05) is 25.1 Å². The quantitative estimate of drug-likeness (QED) is 0.492. The Kier molecular flexibility index (Phi) is 3.70. The molecule has 2 rings (SSSR count). The average molecular weight is 281 g/mol. The van der Waals surface area contributed by atoms with Crippen LogP contribution >= 0.6 is 0 Å². The molecule has 1 aliphatic rings. The van der Waals surface area contributed by atoms with E-state index in [2.05, 4.69) is 36.0 Å². The molecule has 84 valence electrons. The van der Waals surface area contributed by atoms with Crippen molar-refractivity contribution in [2.75, 3.05) is 13.1 Å². The summed E-state index contributed by atoms with van der Waals surface area (Å²) in [5.41, 5.74) is 4.80. The molecule has 0 amide bonds. The Morgan fingerprint density at radius 3 is 2.88 bits per heavy atom. The van der Waals surface area contributed by atoms with E-state index in [1.54, 1.807) is 6.20 Å². The molecule has 1 aliphatic heterocycles. The maximum absolute atomic E-state index is 4.29. The van der Waals surface area contributed by atoms with Gasteiger partial charge in [-0.1, -0.05) is 0 Å². The van der Waals surface area contributed by atoms with E-state index in [1.165, 1.54) is 6.42 Å². The summed E-state index contributed by atoms with van der Waals surface area (Å²) >= 11 is 2.99. The van der Waals surface area contributed by atoms with Crippen LogP contribution < -0.4 is 5.43 Å². The van der Waals surface area contributed by atoms with Gasteiger partial charge in [-0.2, -0.15) is 0 Å². The van der Waals surface area contributed by atoms with Gasteiger partial charge in [-0.05, 0) is 0 Å². The Hall–Kier alpha value is -1.19. The average Bonchev–Trinajstić information content (AvgIpc) is 2.25. The van der Waals surface area contributed by atoms with E-state index < -0.39 is 0 Å². The van der Waals surface area contributed by atoms with Gasteiger partial charge in [-0.25, -0.2) is 0 Å². The van der Waals surface area contributed by atoms with Gasteiger partial charge < -0.3 is 0 Å². The molecular formula is C11H14N4Se. The van der Waals surface area contributed by atoms with E-state index in [4.69, 9.17) is 0 Å². The summed E-state index contributed by atoms with van der Waals surface area (Å²) in [6.07, 6.45) is 3.03. The summed E-state index contributed by atoms with van der Waals surface area (Å²) in [4.78, 5) is 6.45. The van der Waals surface area contributed by atoms with Gasteiger partial charge in [-0.3, -0.25) is 0 Å². The van der Waals surface area contributed by atoms with E-state index in [9.17, 15) is 0 Å². The second-order valence-electron chi connectivity index (χ2n) is 3.67. The Bertz CT molecular complexity index is 398. The monoisotopic (exact) mass is 282 g/mol. The second-order valence-corrected chi connectivity index (χ2v) is 4.48. The van der Waals surface area contributed by atoms with Gasteiger partial charge in [0.15, 0.2) is 0 Å². The van der Waals surface area contributed by atoms with Crippen LogP contribution in [0.5, 0.6) is 0 Å². The Morgan fingerprint density at radius 2 is 2.31 bits per heavy atom. The zero-order valence-corrected chi connectivity index (χ0v) is 10.9. The third kappa shape index (κ3) is 2.68. The van der Waals surface area contributed by atoms with Crippen LogP contribution in [0.15, 0.2) is 29.5 Å². The van der Waals surface area contributed by atoms with Crippen molar-refractivity contribution in [3.8, 4) is 0 Å². The van der Waals surface area contributed by atoms with Gasteiger partial charge in [0, 0.05) is 0 Å². The van der Waals surface area contributed by atoms with Crippen LogP contribution in [0.2, 0.25) is 0 Å². The van der Waals surface area contributed by atoms with Crippen LogP contribution in [0, 0.1) is 0 Å². The molecule has 1 fully saturated rings. The van der Waals surface area contributed by atoms with Crippen molar-refractivity contribution >= 4 is 26.0 Å². The van der Waals surface area contributed by atoms with Crippen LogP contribution in [0.3, 0.4) is 0 Å². The molecule has 0 unspecified atom stereocenters. The first-order chi connectivity index (χ1) is 7.77. The number of hydrogen-bond donors (Lipinski definition) is 1. The van der Waals surface area contributed by atoms with E-state index in [0.29, 0.717) is 0 Å². The van der Waals surface area contributed by atoms with Crippen LogP contribution in [0.25, 0.3) is 0 Å². The number of likely N-dealkylation sites (tertiary alicyclic amines) is 1. The summed E-state index contributed by atoms with van der Waals surface area (Å²) in [7, 11) is 0. The molecule has 0 aliphatic carbocycles. The van der Waals surface area contributed by atoms with Gasteiger partial charge >= 0.3 is 103 Å². The molecule has 1 saturated heterocycles. The van der Waals surface area contributed by atoms with Crippen molar-refractivity contribution in [3.63, 3.8) is 0 Å². The summed E-state index contributed by atoms with van der Waals surface area (Å²) < 4.78 is 0.988. The van der Waals surface area contributed by atoms with Crippen LogP contribution in [-0.4, -0.2) is 48.9 Å². The fraction of sp³-hybridized carbons (Fsp3) is 0.364. The molecule has 0 aromatic carbocycles. The zero-order chi connectivity index (χ0) is 11.4. The molecule has 0 saturated carbocycles. The second kappa shape index (κ2) is 5.23. The first kappa shape index (κ1) is 11.3. The van der Waals surface area contributed by atoms with Crippen LogP contribution in [-0.2, 0) is 0 Å². The van der Waals surface area contributed by atoms with Gasteiger partial charge in [0.05, 0.1) is 0 Å². The van der Waals surface area contributed by atoms with Gasteiger partial charge in [0.25, 0.3) is 0 Å². The number of nitrogens with one attached hydrogen (secondary N) is 1. The van der Waals surface area contributed by atoms with Crippen molar-refractivity contribution in [2.45, 2.75) is 13.3 Å². The molecule has 1 aromatic rings. The van der Waals surface area contributed by atoms with E-state index >= 15 is 0 Å². The molecule has 0 atom stereocenters. The van der Waals surface area contributed by atoms with Crippen molar-refractivity contribution < 1.29 is 0 Å². The maximum atomic E-state index is 4.29. The molecule has 0 spiro atoms. The third-order valence-electron chi connectivity index (χ3n) is 2.50. The number of rotatable bonds is 4. The molecule has 4 nitrogen and oxygen atoms in total. The van der Waals surface area contributed by atoms with Gasteiger partial charge in [-0.15, -0.1) is 0 Å². The van der Waals surface area contributed by atoms with Gasteiger partial charge in [0.1, 0.15) is 0 Å². The van der Waals surface area contributed by atoms with E-state index in [-0.39, 0.29) is 0 Å². The van der Waals surface area contributed by atoms with Crippen molar-refractivity contribution in [1.82, 2.24) is 15.3 Å². The fourth-order valence-corrected chi connectivity index (χ4v) is 1.83. The normalized spacial score (nSPS) is 15.6. The molecule has 2 heterocycles. The molecular weight excluding hydrogens is 267 g/mol. The van der Waals surface area contributed by atoms with Crippen molar-refractivity contribution in [2.24, 2.45) is 5.10 Å². The van der Waals surface area contributed by atoms with E-state index in [0.717, 1.165) is 29.2 Å². The Balaban J connectivity index is 1.94. The predicted octanol–water partition coefficient (Wildman–Crippen LogP) is 0.357. The summed E-state index contributed by atoms with van der Waals surface area (Å²) in [6.45, 7) is 4.15. The minimum absolute atomic E-state index is 0.883. The van der Waals surface area contributed by atoms with Crippen LogP contribution in [0.4, 0.5) is 0 Å². The Labute approximate surface area is 103 Å².